The number of hydrogen-bond donors (Lipinski definition) is 0. The first-order valence-electron chi connectivity index (χ1n) is 5.99. The molecule has 0 N–H and O–H groups in total. The van der Waals surface area contributed by atoms with Crippen molar-refractivity contribution in [1.29, 1.82) is 0 Å². The van der Waals surface area contributed by atoms with E-state index < -0.39 is 0 Å². The fraction of sp³-hybridized carbons (Fsp3) is 0.267. The molecular weight excluding hydrogens is 240 g/mol. The number of carbonyl (C=O) groups excluding carboxylic acids is 1. The summed E-state index contributed by atoms with van der Waals surface area (Å²) in [5, 5.41) is 0. The highest BCUT2D eigenvalue weighted by Crippen LogP contribution is 2.02. The summed E-state index contributed by atoms with van der Waals surface area (Å²) in [6.45, 7) is 10.2. The largest absolute Gasteiger partial charge is 0.468 e. The molecule has 19 heavy (non-hydrogen) atoms. The molecule has 0 aliphatic heterocycles. The Bertz CT molecular complexity index is 434. The maximum atomic E-state index is 9.18. The number of carbonyl (C=O) groups is 1. The van der Waals surface area contributed by atoms with E-state index in [1.807, 2.05) is 44.3 Å². The van der Waals surface area contributed by atoms with Crippen LogP contribution in [0.3, 0.4) is 0 Å². The lowest BCUT2D eigenvalue weighted by Crippen LogP contribution is -1.99. The van der Waals surface area contributed by atoms with Crippen LogP contribution < -0.4 is 0 Å². The van der Waals surface area contributed by atoms with E-state index in [-0.39, 0.29) is 0 Å². The number of aromatic nitrogens is 1. The zero-order valence-electron chi connectivity index (χ0n) is 11.7. The van der Waals surface area contributed by atoms with Gasteiger partial charge in [-0.15, -0.1) is 0 Å². The molecule has 102 valence electrons. The van der Waals surface area contributed by atoms with E-state index in [1.165, 1.54) is 6.20 Å². The molecule has 0 atom stereocenters. The van der Waals surface area contributed by atoms with E-state index in [0.717, 1.165) is 17.0 Å². The molecule has 1 aromatic rings. The summed E-state index contributed by atoms with van der Waals surface area (Å²) in [7, 11) is 0. The molecule has 0 fully saturated rings. The number of aliphatic imine (C=N–C) groups is 1. The monoisotopic (exact) mass is 260 g/mol. The molecule has 0 saturated heterocycles. The van der Waals surface area contributed by atoms with Gasteiger partial charge in [0.1, 0.15) is 0 Å². The van der Waals surface area contributed by atoms with Crippen molar-refractivity contribution >= 4 is 12.2 Å². The molecule has 0 aliphatic carbocycles. The molecule has 0 unspecified atom stereocenters. The topological polar surface area (TPSA) is 51.6 Å². The van der Waals surface area contributed by atoms with Gasteiger partial charge in [-0.3, -0.25) is 14.8 Å². The third-order valence-electron chi connectivity index (χ3n) is 1.96. The fourth-order valence-corrected chi connectivity index (χ4v) is 1.14. The van der Waals surface area contributed by atoms with Crippen LogP contribution in [0.4, 0.5) is 0 Å². The van der Waals surface area contributed by atoms with Crippen LogP contribution >= 0.6 is 0 Å². The number of nitrogens with zero attached hydrogens (tertiary/aromatic N) is 2. The minimum atomic E-state index is 0.431. The Morgan fingerprint density at radius 1 is 1.53 bits per heavy atom. The first kappa shape index (κ1) is 16.8. The molecule has 0 amide bonds. The molecule has 0 spiro atoms. The summed E-state index contributed by atoms with van der Waals surface area (Å²) in [5.41, 5.74) is 2.85. The van der Waals surface area contributed by atoms with E-state index >= 15 is 0 Å². The SMILES string of the molecule is C=CN=C(/C=C\C)c1ccc(C)cn1.CCOC=O. The van der Waals surface area contributed by atoms with Gasteiger partial charge >= 0.3 is 0 Å². The fourth-order valence-electron chi connectivity index (χ4n) is 1.14. The Labute approximate surface area is 114 Å². The average molecular weight is 260 g/mol. The maximum Gasteiger partial charge on any atom is 0.293 e. The third kappa shape index (κ3) is 7.65. The van der Waals surface area contributed by atoms with Gasteiger partial charge in [-0.25, -0.2) is 0 Å². The van der Waals surface area contributed by atoms with Crippen LogP contribution in [-0.2, 0) is 9.53 Å². The number of allylic oxidation sites excluding steroid dienone is 2. The van der Waals surface area contributed by atoms with Gasteiger partial charge in [0.2, 0.25) is 0 Å². The molecule has 0 saturated carbocycles. The second-order valence-electron chi connectivity index (χ2n) is 3.47. The van der Waals surface area contributed by atoms with Gasteiger partial charge in [0.15, 0.2) is 0 Å². The van der Waals surface area contributed by atoms with E-state index in [0.29, 0.717) is 13.1 Å². The molecule has 0 aromatic carbocycles. The van der Waals surface area contributed by atoms with Gasteiger partial charge in [0.25, 0.3) is 6.47 Å². The highest BCUT2D eigenvalue weighted by molar-refractivity contribution is 6.07. The first-order chi connectivity index (χ1) is 9.19. The number of pyridine rings is 1. The third-order valence-corrected chi connectivity index (χ3v) is 1.96. The maximum absolute atomic E-state index is 9.18. The first-order valence-corrected chi connectivity index (χ1v) is 5.99. The summed E-state index contributed by atoms with van der Waals surface area (Å²) in [6.07, 6.45) is 7.21. The van der Waals surface area contributed by atoms with Crippen molar-refractivity contribution in [2.75, 3.05) is 6.61 Å². The van der Waals surface area contributed by atoms with Crippen LogP contribution in [0.2, 0.25) is 0 Å². The summed E-state index contributed by atoms with van der Waals surface area (Å²) in [6, 6.07) is 3.97. The second-order valence-corrected chi connectivity index (χ2v) is 3.47. The van der Waals surface area contributed by atoms with E-state index in [1.54, 1.807) is 6.92 Å². The Balaban J connectivity index is 0.000000555. The van der Waals surface area contributed by atoms with Gasteiger partial charge in [-0.05, 0) is 38.5 Å². The number of aryl methyl sites for hydroxylation is 1. The summed E-state index contributed by atoms with van der Waals surface area (Å²) in [4.78, 5) is 17.6. The quantitative estimate of drug-likeness (QED) is 0.604. The average Bonchev–Trinajstić information content (AvgIpc) is 2.41. The molecule has 4 heteroatoms. The minimum absolute atomic E-state index is 0.431. The molecule has 1 rings (SSSR count). The van der Waals surface area contributed by atoms with Crippen LogP contribution in [0.1, 0.15) is 25.1 Å². The van der Waals surface area contributed by atoms with Crippen LogP contribution in [0.15, 0.2) is 48.3 Å². The molecule has 1 heterocycles. The minimum Gasteiger partial charge on any atom is -0.468 e. The molecule has 0 aliphatic rings. The lowest BCUT2D eigenvalue weighted by atomic mass is 10.2. The van der Waals surface area contributed by atoms with E-state index in [2.05, 4.69) is 21.3 Å². The Kier molecular flexibility index (Phi) is 9.62. The molecule has 1 aromatic heterocycles. The smallest absolute Gasteiger partial charge is 0.293 e. The Hall–Kier alpha value is -2.23. The number of ether oxygens (including phenoxy) is 1. The standard InChI is InChI=1S/C12H14N2.C3H6O2/c1-4-6-11(13-5-2)12-8-7-10(3)9-14-12;1-2-5-3-4/h4-9H,2H2,1,3H3;3H,2H2,1H3/b6-4-,13-11?;. The van der Waals surface area contributed by atoms with Crippen molar-refractivity contribution in [2.24, 2.45) is 4.99 Å². The van der Waals surface area contributed by atoms with Gasteiger partial charge in [0.05, 0.1) is 18.0 Å². The van der Waals surface area contributed by atoms with Crippen molar-refractivity contribution < 1.29 is 9.53 Å². The van der Waals surface area contributed by atoms with Crippen LogP contribution in [0.25, 0.3) is 0 Å². The van der Waals surface area contributed by atoms with Gasteiger partial charge < -0.3 is 4.74 Å². The summed E-state index contributed by atoms with van der Waals surface area (Å²) in [5.74, 6) is 0. The Morgan fingerprint density at radius 2 is 2.26 bits per heavy atom. The van der Waals surface area contributed by atoms with E-state index in [4.69, 9.17) is 0 Å². The van der Waals surface area contributed by atoms with Gasteiger partial charge in [-0.1, -0.05) is 18.7 Å². The van der Waals surface area contributed by atoms with Gasteiger partial charge in [-0.2, -0.15) is 0 Å². The van der Waals surface area contributed by atoms with Gasteiger partial charge in [0, 0.05) is 12.4 Å². The number of rotatable bonds is 5. The van der Waals surface area contributed by atoms with Crippen molar-refractivity contribution in [1.82, 2.24) is 4.98 Å². The lowest BCUT2D eigenvalue weighted by Gasteiger charge is -1.99. The molecule has 4 nitrogen and oxygen atoms in total. The molecule has 0 bridgehead atoms. The van der Waals surface area contributed by atoms with Crippen LogP contribution in [0.5, 0.6) is 0 Å². The van der Waals surface area contributed by atoms with Crippen molar-refractivity contribution in [3.8, 4) is 0 Å². The predicted molar refractivity (Wildman–Crippen MR) is 78.2 cm³/mol. The highest BCUT2D eigenvalue weighted by atomic mass is 16.5. The zero-order valence-corrected chi connectivity index (χ0v) is 11.7. The zero-order chi connectivity index (χ0) is 14.5. The predicted octanol–water partition coefficient (Wildman–Crippen LogP) is 3.08. The molecular formula is C15H20N2O2. The summed E-state index contributed by atoms with van der Waals surface area (Å²) < 4.78 is 4.15. The summed E-state index contributed by atoms with van der Waals surface area (Å²) >= 11 is 0. The number of hydrogen-bond acceptors (Lipinski definition) is 4. The second kappa shape index (κ2) is 10.9. The highest BCUT2D eigenvalue weighted by Gasteiger charge is 1.98. The Morgan fingerprint density at radius 3 is 2.63 bits per heavy atom. The van der Waals surface area contributed by atoms with Crippen molar-refractivity contribution in [3.63, 3.8) is 0 Å². The normalized spacial score (nSPS) is 10.6. The van der Waals surface area contributed by atoms with Crippen molar-refractivity contribution in [2.45, 2.75) is 20.8 Å². The van der Waals surface area contributed by atoms with Crippen molar-refractivity contribution in [3.05, 3.63) is 54.5 Å². The lowest BCUT2D eigenvalue weighted by molar-refractivity contribution is -0.128. The molecule has 0 radical (unpaired) electrons. The van der Waals surface area contributed by atoms with Crippen LogP contribution in [-0.4, -0.2) is 23.8 Å². The van der Waals surface area contributed by atoms with E-state index in [9.17, 15) is 4.79 Å². The van der Waals surface area contributed by atoms with Crippen LogP contribution in [0, 0.1) is 6.92 Å².